The van der Waals surface area contributed by atoms with E-state index >= 15 is 0 Å². The van der Waals surface area contributed by atoms with Gasteiger partial charge in [-0.15, -0.1) is 0 Å². The Labute approximate surface area is 341 Å². The number of phenols is 1. The van der Waals surface area contributed by atoms with Gasteiger partial charge < -0.3 is 45.8 Å². The molecule has 18 heteroatoms. The molecule has 0 spiro atoms. The van der Waals surface area contributed by atoms with Crippen molar-refractivity contribution in [3.63, 3.8) is 0 Å². The lowest BCUT2D eigenvalue weighted by Gasteiger charge is -2.29. The van der Waals surface area contributed by atoms with E-state index in [1.54, 1.807) is 30.7 Å². The third-order valence-electron chi connectivity index (χ3n) is 9.35. The van der Waals surface area contributed by atoms with Crippen molar-refractivity contribution in [1.29, 1.82) is 0 Å². The molecule has 1 aromatic carbocycles. The molecule has 1 unspecified atom stereocenters. The molecule has 0 radical (unpaired) electrons. The van der Waals surface area contributed by atoms with Gasteiger partial charge in [-0.3, -0.25) is 28.8 Å². The molecule has 0 fully saturated rings. The van der Waals surface area contributed by atoms with E-state index in [0.717, 1.165) is 13.0 Å². The van der Waals surface area contributed by atoms with Gasteiger partial charge in [0, 0.05) is 12.5 Å². The number of amides is 5. The highest BCUT2D eigenvalue weighted by Crippen LogP contribution is 2.25. The number of thiophene rings is 1. The minimum absolute atomic E-state index is 0.0333. The van der Waals surface area contributed by atoms with Gasteiger partial charge in [0.15, 0.2) is 11.5 Å². The summed E-state index contributed by atoms with van der Waals surface area (Å²) in [6.07, 6.45) is 1.90. The number of phenolic OH excluding ortho intramolecular Hbond substituents is 1. The lowest BCUT2D eigenvalue weighted by molar-refractivity contribution is -0.870. The number of aromatic hydroxyl groups is 1. The van der Waals surface area contributed by atoms with Crippen LogP contribution in [0.4, 0.5) is 0 Å². The molecule has 6 atom stereocenters. The van der Waals surface area contributed by atoms with Crippen molar-refractivity contribution in [2.24, 2.45) is 5.92 Å². The first kappa shape index (κ1) is 46.5. The molecular weight excluding hydrogens is 778 g/mol. The summed E-state index contributed by atoms with van der Waals surface area (Å²) < 4.78 is 5.72. The number of quaternary nitrogens is 1. The number of hydrogen-bond donors (Lipinski definition) is 7. The van der Waals surface area contributed by atoms with Crippen molar-refractivity contribution in [3.8, 4) is 5.75 Å². The highest BCUT2D eigenvalue weighted by atomic mass is 35.5. The Kier molecular flexibility index (Phi) is 17.7. The molecule has 0 bridgehead atoms. The Morgan fingerprint density at radius 3 is 2.14 bits per heavy atom. The average molecular weight is 833 g/mol. The normalized spacial score (nSPS) is 14.6. The fourth-order valence-electron chi connectivity index (χ4n) is 5.76. The van der Waals surface area contributed by atoms with Crippen molar-refractivity contribution >= 4 is 58.3 Å². The predicted octanol–water partition coefficient (Wildman–Crippen LogP) is 2.56. The molecule has 2 aromatic heterocycles. The number of aryl methyl sites for hydroxylation is 1. The molecule has 0 saturated carbocycles. The van der Waals surface area contributed by atoms with E-state index in [9.17, 15) is 39.0 Å². The summed E-state index contributed by atoms with van der Waals surface area (Å²) >= 11 is 7.41. The third-order valence-corrected chi connectivity index (χ3v) is 10.4. The summed E-state index contributed by atoms with van der Waals surface area (Å²) in [6, 6.07) is 1.39. The van der Waals surface area contributed by atoms with Crippen LogP contribution in [0.1, 0.15) is 79.9 Å². The SMILES string of the molecule is CC[C@H](C)C(NC(=O)[C@@H](NC(=O)[C@H](Cc1ccc(O)c(Cl)c1)NC(=O)c1cc(C)on1)c1ccsc1)C(=O)N[C@@H](CCCC[N+](C)(C)C)C(=O)N[C@@H](CO)C(C)=O. The molecule has 7 N–H and O–H groups in total. The lowest BCUT2D eigenvalue weighted by Crippen LogP contribution is -2.58. The Morgan fingerprint density at radius 1 is 0.895 bits per heavy atom. The van der Waals surface area contributed by atoms with Crippen LogP contribution in [0.2, 0.25) is 5.02 Å². The summed E-state index contributed by atoms with van der Waals surface area (Å²) in [5.41, 5.74) is 0.828. The second kappa shape index (κ2) is 21.6. The number of carbonyl (C=O) groups excluding carboxylic acids is 6. The average Bonchev–Trinajstić information content (AvgIpc) is 3.85. The number of rotatable bonds is 22. The number of unbranched alkanes of at least 4 members (excludes halogenated alkanes) is 1. The van der Waals surface area contributed by atoms with E-state index in [1.165, 1.54) is 42.5 Å². The number of aliphatic hydroxyl groups is 1. The molecule has 312 valence electrons. The van der Waals surface area contributed by atoms with Gasteiger partial charge in [-0.2, -0.15) is 11.3 Å². The van der Waals surface area contributed by atoms with Crippen LogP contribution in [0.25, 0.3) is 0 Å². The maximum absolute atomic E-state index is 14.2. The Bertz CT molecular complexity index is 1850. The summed E-state index contributed by atoms with van der Waals surface area (Å²) in [5, 5.41) is 40.2. The third kappa shape index (κ3) is 14.6. The van der Waals surface area contributed by atoms with E-state index < -0.39 is 78.1 Å². The molecule has 2 heterocycles. The van der Waals surface area contributed by atoms with Crippen LogP contribution < -0.4 is 26.6 Å². The quantitative estimate of drug-likeness (QED) is 0.0578. The molecule has 0 aliphatic rings. The van der Waals surface area contributed by atoms with Crippen molar-refractivity contribution in [1.82, 2.24) is 31.7 Å². The number of nitrogens with zero attached hydrogens (tertiary/aromatic N) is 2. The van der Waals surface area contributed by atoms with Crippen LogP contribution in [-0.2, 0) is 30.4 Å². The smallest absolute Gasteiger partial charge is 0.274 e. The number of aliphatic hydroxyl groups excluding tert-OH is 1. The van der Waals surface area contributed by atoms with E-state index in [-0.39, 0.29) is 29.3 Å². The van der Waals surface area contributed by atoms with Crippen LogP contribution in [0.15, 0.2) is 45.6 Å². The maximum Gasteiger partial charge on any atom is 0.274 e. The zero-order valence-electron chi connectivity index (χ0n) is 33.4. The predicted molar refractivity (Wildman–Crippen MR) is 214 cm³/mol. The lowest BCUT2D eigenvalue weighted by atomic mass is 9.96. The highest BCUT2D eigenvalue weighted by Gasteiger charge is 2.35. The number of Topliss-reactive ketones (excluding diaryl/α,β-unsaturated/α-hetero) is 1. The van der Waals surface area contributed by atoms with Gasteiger partial charge in [0.2, 0.25) is 23.6 Å². The zero-order chi connectivity index (χ0) is 42.4. The molecule has 16 nitrogen and oxygen atoms in total. The molecule has 0 aliphatic heterocycles. The van der Waals surface area contributed by atoms with E-state index in [1.807, 2.05) is 28.1 Å². The van der Waals surface area contributed by atoms with Crippen LogP contribution >= 0.6 is 22.9 Å². The Balaban J connectivity index is 1.89. The van der Waals surface area contributed by atoms with Crippen LogP contribution in [-0.4, -0.2) is 114 Å². The van der Waals surface area contributed by atoms with Gasteiger partial charge in [-0.25, -0.2) is 0 Å². The Morgan fingerprint density at radius 2 is 1.58 bits per heavy atom. The molecular formula is C39H55ClN7O9S+. The summed E-state index contributed by atoms with van der Waals surface area (Å²) in [7, 11) is 6.12. The van der Waals surface area contributed by atoms with Gasteiger partial charge in [-0.05, 0) is 79.1 Å². The van der Waals surface area contributed by atoms with Crippen molar-refractivity contribution in [3.05, 3.63) is 68.7 Å². The number of benzene rings is 1. The minimum atomic E-state index is -1.32. The van der Waals surface area contributed by atoms with E-state index in [2.05, 4.69) is 31.7 Å². The fraction of sp³-hybridized carbons (Fsp3) is 0.513. The molecule has 0 aliphatic carbocycles. The number of hydrogen-bond acceptors (Lipinski definition) is 11. The van der Waals surface area contributed by atoms with Crippen LogP contribution in [0.5, 0.6) is 5.75 Å². The number of carbonyl (C=O) groups is 6. The largest absolute Gasteiger partial charge is 0.506 e. The van der Waals surface area contributed by atoms with E-state index in [4.69, 9.17) is 16.1 Å². The minimum Gasteiger partial charge on any atom is -0.506 e. The van der Waals surface area contributed by atoms with Gasteiger partial charge in [0.25, 0.3) is 5.91 Å². The monoisotopic (exact) mass is 832 g/mol. The first-order valence-corrected chi connectivity index (χ1v) is 20.0. The summed E-state index contributed by atoms with van der Waals surface area (Å²) in [4.78, 5) is 80.9. The van der Waals surface area contributed by atoms with Gasteiger partial charge in [0.1, 0.15) is 41.7 Å². The standard InChI is InChI=1S/C39H54ClN7O9S/c1-8-22(2)33(38(54)41-28(11-9-10-15-47(5,6)7)35(51)43-31(20-48)24(4)49)44-39(55)34(26-14-16-57-21-26)45-36(52)29(19-25-12-13-32(50)27(40)18-25)42-37(53)30-17-23(3)56-46-30/h12-14,16-18,21-22,28-29,31,33-34,48H,8-11,15,19-20H2,1-7H3,(H5-,41,42,43,44,45,50,51,52,53,54,55)/p+1/t22-,28-,29-,31-,33?,34-/m0/s1. The molecule has 3 rings (SSSR count). The first-order chi connectivity index (χ1) is 26.8. The molecule has 3 aromatic rings. The molecule has 0 saturated heterocycles. The molecule has 5 amide bonds. The van der Waals surface area contributed by atoms with Gasteiger partial charge in [-0.1, -0.05) is 43.1 Å². The number of nitrogens with one attached hydrogen (secondary N) is 5. The van der Waals surface area contributed by atoms with Gasteiger partial charge in [0.05, 0.1) is 39.3 Å². The van der Waals surface area contributed by atoms with Crippen LogP contribution in [0.3, 0.4) is 0 Å². The number of aromatic nitrogens is 1. The zero-order valence-corrected chi connectivity index (χ0v) is 35.0. The summed E-state index contributed by atoms with van der Waals surface area (Å²) in [6.45, 7) is 6.64. The second-order valence-electron chi connectivity index (χ2n) is 15.1. The number of ketones is 1. The second-order valence-corrected chi connectivity index (χ2v) is 16.3. The molecule has 57 heavy (non-hydrogen) atoms. The first-order valence-electron chi connectivity index (χ1n) is 18.7. The van der Waals surface area contributed by atoms with E-state index in [0.29, 0.717) is 34.2 Å². The van der Waals surface area contributed by atoms with Gasteiger partial charge >= 0.3 is 0 Å². The fourth-order valence-corrected chi connectivity index (χ4v) is 6.65. The highest BCUT2D eigenvalue weighted by molar-refractivity contribution is 7.08. The Hall–Kier alpha value is -4.84. The maximum atomic E-state index is 14.2. The van der Waals surface area contributed by atoms with Crippen LogP contribution in [0, 0.1) is 12.8 Å². The van der Waals surface area contributed by atoms with Crippen molar-refractivity contribution < 1.29 is 48.0 Å². The number of halogens is 1. The topological polar surface area (TPSA) is 229 Å². The summed E-state index contributed by atoms with van der Waals surface area (Å²) in [5.74, 6) is -4.18. The van der Waals surface area contributed by atoms with Crippen molar-refractivity contribution in [2.45, 2.75) is 90.0 Å². The van der Waals surface area contributed by atoms with Crippen molar-refractivity contribution in [2.75, 3.05) is 34.3 Å².